The van der Waals surface area contributed by atoms with E-state index in [0.29, 0.717) is 5.56 Å². The Morgan fingerprint density at radius 2 is 1.83 bits per heavy atom. The number of rotatable bonds is 8. The molecule has 0 aliphatic heterocycles. The lowest BCUT2D eigenvalue weighted by Crippen LogP contribution is -2.37. The Bertz CT molecular complexity index is 1010. The van der Waals surface area contributed by atoms with Gasteiger partial charge in [0.2, 0.25) is 21.8 Å². The van der Waals surface area contributed by atoms with Crippen molar-refractivity contribution in [1.29, 1.82) is 0 Å². The van der Waals surface area contributed by atoms with Gasteiger partial charge in [-0.3, -0.25) is 9.59 Å². The summed E-state index contributed by atoms with van der Waals surface area (Å²) in [7, 11) is -2.30. The van der Waals surface area contributed by atoms with E-state index in [9.17, 15) is 22.4 Å². The summed E-state index contributed by atoms with van der Waals surface area (Å²) in [6.07, 6.45) is -0.103. The van der Waals surface area contributed by atoms with Gasteiger partial charge >= 0.3 is 0 Å². The van der Waals surface area contributed by atoms with Crippen LogP contribution in [0.25, 0.3) is 0 Å². The van der Waals surface area contributed by atoms with Crippen molar-refractivity contribution in [3.05, 3.63) is 59.4 Å². The number of hydrogen-bond donors (Lipinski definition) is 2. The molecule has 2 aromatic carbocycles. The molecule has 0 spiro atoms. The van der Waals surface area contributed by atoms with Crippen LogP contribution in [0.5, 0.6) is 0 Å². The van der Waals surface area contributed by atoms with E-state index in [1.54, 1.807) is 19.1 Å². The van der Waals surface area contributed by atoms with Crippen LogP contribution >= 0.6 is 0 Å². The predicted octanol–water partition coefficient (Wildman–Crippen LogP) is 2.21. The van der Waals surface area contributed by atoms with Crippen molar-refractivity contribution in [2.75, 3.05) is 25.5 Å². The van der Waals surface area contributed by atoms with Crippen LogP contribution in [0.2, 0.25) is 0 Å². The maximum absolute atomic E-state index is 13.1. The van der Waals surface area contributed by atoms with Crippen LogP contribution in [0.15, 0.2) is 47.4 Å². The van der Waals surface area contributed by atoms with E-state index in [2.05, 4.69) is 10.0 Å². The van der Waals surface area contributed by atoms with E-state index in [1.807, 2.05) is 6.92 Å². The molecule has 156 valence electrons. The molecule has 0 aromatic heterocycles. The molecule has 0 saturated carbocycles. The summed E-state index contributed by atoms with van der Waals surface area (Å²) in [4.78, 5) is 25.5. The van der Waals surface area contributed by atoms with Crippen LogP contribution in [-0.4, -0.2) is 45.3 Å². The van der Waals surface area contributed by atoms with Gasteiger partial charge in [0, 0.05) is 25.7 Å². The molecule has 0 saturated heterocycles. The molecule has 9 heteroatoms. The number of aryl methyl sites for hydroxylation is 2. The van der Waals surface area contributed by atoms with E-state index in [4.69, 9.17) is 0 Å². The number of hydrogen-bond acceptors (Lipinski definition) is 4. The van der Waals surface area contributed by atoms with Crippen molar-refractivity contribution in [3.63, 3.8) is 0 Å². The van der Waals surface area contributed by atoms with Gasteiger partial charge in [-0.1, -0.05) is 23.8 Å². The van der Waals surface area contributed by atoms with Gasteiger partial charge in [0.25, 0.3) is 0 Å². The fraction of sp³-hybridized carbons (Fsp3) is 0.300. The standard InChI is InChI=1S/C20H24FN3O4S/c1-14-7-8-18(15(2)11-14)29(27,28)22-10-9-20(26)24(3)13-19(25)23-17-6-4-5-16(21)12-17/h4-8,11-12,22H,9-10,13H2,1-3H3,(H,23,25). The van der Waals surface area contributed by atoms with Crippen LogP contribution < -0.4 is 10.0 Å². The molecule has 0 unspecified atom stereocenters. The van der Waals surface area contributed by atoms with E-state index in [-0.39, 0.29) is 30.1 Å². The highest BCUT2D eigenvalue weighted by Gasteiger charge is 2.18. The Morgan fingerprint density at radius 1 is 1.10 bits per heavy atom. The average Bonchev–Trinajstić information content (AvgIpc) is 2.60. The van der Waals surface area contributed by atoms with E-state index in [1.165, 1.54) is 42.3 Å². The van der Waals surface area contributed by atoms with Crippen molar-refractivity contribution < 1.29 is 22.4 Å². The number of nitrogens with zero attached hydrogens (tertiary/aromatic N) is 1. The second kappa shape index (κ2) is 9.62. The molecule has 29 heavy (non-hydrogen) atoms. The van der Waals surface area contributed by atoms with Gasteiger partial charge in [0.15, 0.2) is 0 Å². The molecule has 0 heterocycles. The lowest BCUT2D eigenvalue weighted by Gasteiger charge is -2.17. The number of amides is 2. The summed E-state index contributed by atoms with van der Waals surface area (Å²) >= 11 is 0. The minimum Gasteiger partial charge on any atom is -0.336 e. The molecule has 2 rings (SSSR count). The van der Waals surface area contributed by atoms with Gasteiger partial charge in [0.1, 0.15) is 5.82 Å². The van der Waals surface area contributed by atoms with Crippen LogP contribution in [0.4, 0.5) is 10.1 Å². The Balaban J connectivity index is 1.84. The molecule has 2 N–H and O–H groups in total. The van der Waals surface area contributed by atoms with Crippen LogP contribution in [-0.2, 0) is 19.6 Å². The van der Waals surface area contributed by atoms with Crippen LogP contribution in [0, 0.1) is 19.7 Å². The number of halogens is 1. The van der Waals surface area contributed by atoms with Crippen molar-refractivity contribution in [2.45, 2.75) is 25.2 Å². The topological polar surface area (TPSA) is 95.6 Å². The number of likely N-dealkylation sites (N-methyl/N-ethyl adjacent to an activating group) is 1. The number of sulfonamides is 1. The predicted molar refractivity (Wildman–Crippen MR) is 108 cm³/mol. The number of carbonyl (C=O) groups excluding carboxylic acids is 2. The van der Waals surface area contributed by atoms with Gasteiger partial charge in [-0.15, -0.1) is 0 Å². The van der Waals surface area contributed by atoms with E-state index >= 15 is 0 Å². The van der Waals surface area contributed by atoms with Crippen molar-refractivity contribution in [2.24, 2.45) is 0 Å². The molecule has 0 fully saturated rings. The summed E-state index contributed by atoms with van der Waals surface area (Å²) in [5.41, 5.74) is 1.86. The fourth-order valence-electron chi connectivity index (χ4n) is 2.73. The second-order valence-electron chi connectivity index (χ2n) is 6.73. The van der Waals surface area contributed by atoms with Crippen LogP contribution in [0.3, 0.4) is 0 Å². The van der Waals surface area contributed by atoms with Crippen molar-refractivity contribution in [1.82, 2.24) is 9.62 Å². The van der Waals surface area contributed by atoms with Gasteiger partial charge in [-0.25, -0.2) is 17.5 Å². The molecular weight excluding hydrogens is 397 g/mol. The van der Waals surface area contributed by atoms with Crippen molar-refractivity contribution >= 4 is 27.5 Å². The third-order valence-corrected chi connectivity index (χ3v) is 5.79. The summed E-state index contributed by atoms with van der Waals surface area (Å²) < 4.78 is 40.3. The number of carbonyl (C=O) groups is 2. The second-order valence-corrected chi connectivity index (χ2v) is 8.46. The fourth-order valence-corrected chi connectivity index (χ4v) is 3.99. The number of benzene rings is 2. The summed E-state index contributed by atoms with van der Waals surface area (Å²) in [5, 5.41) is 2.50. The first kappa shape index (κ1) is 22.5. The Hall–Kier alpha value is -2.78. The highest BCUT2D eigenvalue weighted by Crippen LogP contribution is 2.16. The summed E-state index contributed by atoms with van der Waals surface area (Å²) in [6, 6.07) is 10.4. The SMILES string of the molecule is Cc1ccc(S(=O)(=O)NCCC(=O)N(C)CC(=O)Nc2cccc(F)c2)c(C)c1. The quantitative estimate of drug-likeness (QED) is 0.683. The average molecular weight is 421 g/mol. The minimum atomic E-state index is -3.73. The Morgan fingerprint density at radius 3 is 2.48 bits per heavy atom. The van der Waals surface area contributed by atoms with Gasteiger partial charge < -0.3 is 10.2 Å². The first-order valence-electron chi connectivity index (χ1n) is 8.95. The van der Waals surface area contributed by atoms with Gasteiger partial charge in [-0.05, 0) is 43.7 Å². The number of anilines is 1. The van der Waals surface area contributed by atoms with Gasteiger partial charge in [0.05, 0.1) is 11.4 Å². The van der Waals surface area contributed by atoms with E-state index < -0.39 is 27.7 Å². The molecule has 0 bridgehead atoms. The Kier molecular flexibility index (Phi) is 7.46. The Labute approximate surface area is 170 Å². The molecule has 2 aromatic rings. The van der Waals surface area contributed by atoms with E-state index in [0.717, 1.165) is 5.56 Å². The zero-order valence-corrected chi connectivity index (χ0v) is 17.3. The lowest BCUT2D eigenvalue weighted by molar-refractivity contribution is -0.133. The normalized spacial score (nSPS) is 11.2. The maximum atomic E-state index is 13.1. The first-order chi connectivity index (χ1) is 13.6. The first-order valence-corrected chi connectivity index (χ1v) is 10.4. The molecule has 0 aliphatic rings. The smallest absolute Gasteiger partial charge is 0.243 e. The molecular formula is C20H24FN3O4S. The summed E-state index contributed by atoms with van der Waals surface area (Å²) in [5.74, 6) is -1.37. The highest BCUT2D eigenvalue weighted by atomic mass is 32.2. The zero-order chi connectivity index (χ0) is 21.6. The molecule has 0 radical (unpaired) electrons. The largest absolute Gasteiger partial charge is 0.336 e. The zero-order valence-electron chi connectivity index (χ0n) is 16.5. The third kappa shape index (κ3) is 6.65. The molecule has 0 atom stereocenters. The highest BCUT2D eigenvalue weighted by molar-refractivity contribution is 7.89. The molecule has 2 amide bonds. The number of nitrogens with one attached hydrogen (secondary N) is 2. The monoisotopic (exact) mass is 421 g/mol. The minimum absolute atomic E-state index is 0.0929. The maximum Gasteiger partial charge on any atom is 0.243 e. The van der Waals surface area contributed by atoms with Gasteiger partial charge in [-0.2, -0.15) is 0 Å². The third-order valence-electron chi connectivity index (χ3n) is 4.17. The van der Waals surface area contributed by atoms with Crippen LogP contribution in [0.1, 0.15) is 17.5 Å². The summed E-state index contributed by atoms with van der Waals surface area (Å²) in [6.45, 7) is 3.25. The lowest BCUT2D eigenvalue weighted by atomic mass is 10.2. The van der Waals surface area contributed by atoms with Crippen molar-refractivity contribution in [3.8, 4) is 0 Å². The molecule has 0 aliphatic carbocycles. The molecule has 7 nitrogen and oxygen atoms in total.